The molecule has 0 saturated carbocycles. The van der Waals surface area contributed by atoms with Crippen LogP contribution in [-0.2, 0) is 4.74 Å². The number of rotatable bonds is 5. The van der Waals surface area contributed by atoms with Crippen molar-refractivity contribution in [2.75, 3.05) is 33.4 Å². The van der Waals surface area contributed by atoms with E-state index in [9.17, 15) is 5.11 Å². The molecule has 0 radical (unpaired) electrons. The molecule has 150 valence electrons. The van der Waals surface area contributed by atoms with Gasteiger partial charge in [0.25, 0.3) is 0 Å². The third kappa shape index (κ3) is 3.00. The molecule has 2 bridgehead atoms. The van der Waals surface area contributed by atoms with Crippen molar-refractivity contribution in [1.82, 2.24) is 9.88 Å². The summed E-state index contributed by atoms with van der Waals surface area (Å²) in [6.07, 6.45) is 3.11. The molecular weight excluding hydrogens is 352 g/mol. The van der Waals surface area contributed by atoms with Crippen molar-refractivity contribution in [3.63, 3.8) is 0 Å². The second-order valence-corrected chi connectivity index (χ2v) is 8.71. The first-order chi connectivity index (χ1) is 13.7. The number of aromatic nitrogens is 1. The van der Waals surface area contributed by atoms with E-state index < -0.39 is 6.10 Å². The molecule has 5 heteroatoms. The number of aliphatic hydroxyl groups is 1. The molecule has 1 unspecified atom stereocenters. The molecule has 2 aromatic rings. The Labute approximate surface area is 166 Å². The normalized spacial score (nSPS) is 31.0. The summed E-state index contributed by atoms with van der Waals surface area (Å²) in [5, 5.41) is 12.5. The van der Waals surface area contributed by atoms with Gasteiger partial charge in [0.05, 0.1) is 31.9 Å². The summed E-state index contributed by atoms with van der Waals surface area (Å²) in [6.45, 7) is 5.98. The molecule has 5 nitrogen and oxygen atoms in total. The van der Waals surface area contributed by atoms with Gasteiger partial charge in [-0.1, -0.05) is 13.3 Å². The van der Waals surface area contributed by atoms with Crippen molar-refractivity contribution in [2.24, 2.45) is 11.8 Å². The van der Waals surface area contributed by atoms with Crippen LogP contribution in [0.15, 0.2) is 24.3 Å². The summed E-state index contributed by atoms with van der Waals surface area (Å²) in [7, 11) is 1.68. The lowest BCUT2D eigenvalue weighted by atomic mass is 9.72. The average molecular weight is 383 g/mol. The Kier molecular flexibility index (Phi) is 4.77. The minimum absolute atomic E-state index is 0.198. The lowest BCUT2D eigenvalue weighted by Crippen LogP contribution is -2.55. The molecule has 4 saturated heterocycles. The molecule has 4 aliphatic heterocycles. The first-order valence-electron chi connectivity index (χ1n) is 10.7. The van der Waals surface area contributed by atoms with Gasteiger partial charge in [-0.3, -0.25) is 9.88 Å². The quantitative estimate of drug-likeness (QED) is 0.858. The Hall–Kier alpha value is -1.69. The number of pyridine rings is 1. The van der Waals surface area contributed by atoms with Crippen LogP contribution in [0.1, 0.15) is 49.5 Å². The molecule has 1 N–H and O–H groups in total. The number of methoxy groups -OCH3 is 1. The fourth-order valence-electron chi connectivity index (χ4n) is 5.42. The highest BCUT2D eigenvalue weighted by molar-refractivity contribution is 5.84. The predicted octanol–water partition coefficient (Wildman–Crippen LogP) is 3.51. The number of piperidine rings is 3. The first-order valence-corrected chi connectivity index (χ1v) is 10.7. The van der Waals surface area contributed by atoms with Gasteiger partial charge in [-0.05, 0) is 61.1 Å². The Morgan fingerprint density at radius 2 is 2.18 bits per heavy atom. The number of aliphatic hydroxyl groups excluding tert-OH is 1. The topological polar surface area (TPSA) is 54.8 Å². The van der Waals surface area contributed by atoms with E-state index in [-0.39, 0.29) is 6.04 Å². The van der Waals surface area contributed by atoms with Crippen LogP contribution in [0, 0.1) is 11.8 Å². The largest absolute Gasteiger partial charge is 0.497 e. The third-order valence-electron chi connectivity index (χ3n) is 7.27. The van der Waals surface area contributed by atoms with Gasteiger partial charge in [0.2, 0.25) is 0 Å². The van der Waals surface area contributed by atoms with Gasteiger partial charge in [0, 0.05) is 29.6 Å². The smallest absolute Gasteiger partial charge is 0.119 e. The maximum absolute atomic E-state index is 11.5. The Morgan fingerprint density at radius 3 is 2.82 bits per heavy atom. The SMILES string of the molecule is CC[C@H]1CN2CC[C@H]1C[C@H]2[C@H](O)c1cc(C2COC2)nc2ccc(OC)cc12. The number of ether oxygens (including phenoxy) is 2. The van der Waals surface area contributed by atoms with Crippen molar-refractivity contribution in [3.05, 3.63) is 35.5 Å². The maximum Gasteiger partial charge on any atom is 0.119 e. The third-order valence-corrected chi connectivity index (χ3v) is 7.27. The molecular formula is C23H30N2O3. The highest BCUT2D eigenvalue weighted by Crippen LogP contribution is 2.43. The Bertz CT molecular complexity index is 866. The summed E-state index contributed by atoms with van der Waals surface area (Å²) >= 11 is 0. The van der Waals surface area contributed by atoms with Crippen molar-refractivity contribution in [2.45, 2.75) is 44.2 Å². The van der Waals surface area contributed by atoms with Crippen LogP contribution in [0.3, 0.4) is 0 Å². The predicted molar refractivity (Wildman–Crippen MR) is 109 cm³/mol. The summed E-state index contributed by atoms with van der Waals surface area (Å²) in [5.41, 5.74) is 2.97. The molecule has 5 atom stereocenters. The average Bonchev–Trinajstić information content (AvgIpc) is 2.71. The van der Waals surface area contributed by atoms with Crippen LogP contribution in [0.4, 0.5) is 0 Å². The number of hydrogen-bond donors (Lipinski definition) is 1. The van der Waals surface area contributed by atoms with E-state index in [1.54, 1.807) is 7.11 Å². The number of fused-ring (bicyclic) bond motifs is 4. The summed E-state index contributed by atoms with van der Waals surface area (Å²) in [4.78, 5) is 7.40. The Morgan fingerprint density at radius 1 is 1.32 bits per heavy atom. The van der Waals surface area contributed by atoms with E-state index in [0.29, 0.717) is 5.92 Å². The highest BCUT2D eigenvalue weighted by atomic mass is 16.5. The van der Waals surface area contributed by atoms with Crippen molar-refractivity contribution in [1.29, 1.82) is 0 Å². The van der Waals surface area contributed by atoms with E-state index >= 15 is 0 Å². The second-order valence-electron chi connectivity index (χ2n) is 8.71. The molecule has 0 aliphatic carbocycles. The molecule has 1 aromatic carbocycles. The standard InChI is InChI=1S/C23H30N2O3/c1-3-14-11-25-7-6-15(14)8-22(25)23(26)19-10-21(16-12-28-13-16)24-20-5-4-17(27-2)9-18(19)20/h4-5,9-10,14-16,22-23,26H,3,6-8,11-13H2,1-2H3/t14-,15-,22-,23+/m0/s1. The van der Waals surface area contributed by atoms with E-state index in [1.165, 1.54) is 12.8 Å². The van der Waals surface area contributed by atoms with Gasteiger partial charge in [0.1, 0.15) is 5.75 Å². The van der Waals surface area contributed by atoms with Crippen LogP contribution in [-0.4, -0.2) is 54.4 Å². The van der Waals surface area contributed by atoms with Crippen LogP contribution in [0.25, 0.3) is 10.9 Å². The monoisotopic (exact) mass is 382 g/mol. The van der Waals surface area contributed by atoms with E-state index in [0.717, 1.165) is 72.5 Å². The van der Waals surface area contributed by atoms with Crippen LogP contribution < -0.4 is 4.74 Å². The molecule has 6 rings (SSSR count). The Balaban J connectivity index is 1.54. The molecule has 0 amide bonds. The van der Waals surface area contributed by atoms with E-state index in [2.05, 4.69) is 17.9 Å². The first kappa shape index (κ1) is 18.3. The summed E-state index contributed by atoms with van der Waals surface area (Å²) < 4.78 is 10.8. The summed E-state index contributed by atoms with van der Waals surface area (Å²) in [5.74, 6) is 2.68. The number of hydrogen-bond acceptors (Lipinski definition) is 5. The zero-order valence-electron chi connectivity index (χ0n) is 16.8. The van der Waals surface area contributed by atoms with Gasteiger partial charge in [-0.2, -0.15) is 0 Å². The minimum Gasteiger partial charge on any atom is -0.497 e. The lowest BCUT2D eigenvalue weighted by molar-refractivity contribution is -0.0563. The zero-order chi connectivity index (χ0) is 19.3. The molecule has 5 heterocycles. The fraction of sp³-hybridized carbons (Fsp3) is 0.609. The van der Waals surface area contributed by atoms with Crippen LogP contribution in [0.2, 0.25) is 0 Å². The molecule has 1 aromatic heterocycles. The molecule has 0 spiro atoms. The molecule has 4 fully saturated rings. The van der Waals surface area contributed by atoms with Gasteiger partial charge in [-0.15, -0.1) is 0 Å². The highest BCUT2D eigenvalue weighted by Gasteiger charge is 2.42. The van der Waals surface area contributed by atoms with Crippen molar-refractivity contribution in [3.8, 4) is 5.75 Å². The lowest BCUT2D eigenvalue weighted by Gasteiger charge is -2.51. The number of benzene rings is 1. The van der Waals surface area contributed by atoms with Crippen LogP contribution in [0.5, 0.6) is 5.75 Å². The van der Waals surface area contributed by atoms with Crippen LogP contribution >= 0.6 is 0 Å². The molecule has 4 aliphatic rings. The van der Waals surface area contributed by atoms with E-state index in [1.807, 2.05) is 18.2 Å². The maximum atomic E-state index is 11.5. The zero-order valence-corrected chi connectivity index (χ0v) is 16.8. The van der Waals surface area contributed by atoms with Crippen molar-refractivity contribution >= 4 is 10.9 Å². The van der Waals surface area contributed by atoms with Gasteiger partial charge < -0.3 is 14.6 Å². The molecule has 28 heavy (non-hydrogen) atoms. The fourth-order valence-corrected chi connectivity index (χ4v) is 5.42. The number of nitrogens with zero attached hydrogens (tertiary/aromatic N) is 2. The van der Waals surface area contributed by atoms with Crippen molar-refractivity contribution < 1.29 is 14.6 Å². The second kappa shape index (κ2) is 7.29. The van der Waals surface area contributed by atoms with Gasteiger partial charge in [-0.25, -0.2) is 0 Å². The van der Waals surface area contributed by atoms with Gasteiger partial charge in [0.15, 0.2) is 0 Å². The van der Waals surface area contributed by atoms with Gasteiger partial charge >= 0.3 is 0 Å². The van der Waals surface area contributed by atoms with E-state index in [4.69, 9.17) is 14.5 Å². The summed E-state index contributed by atoms with van der Waals surface area (Å²) in [6, 6.07) is 8.30. The minimum atomic E-state index is -0.502.